The monoisotopic (exact) mass is 247 g/mol. The standard InChI is InChI=1S/C12H17N5O/c1-4-13-8-10-5-6-11(15-14-10)18-12-7-9(2)16-17(12)3/h5-7,13H,4,8H2,1-3H3. The molecule has 0 saturated heterocycles. The highest BCUT2D eigenvalue weighted by atomic mass is 16.5. The molecular weight excluding hydrogens is 230 g/mol. The van der Waals surface area contributed by atoms with Crippen LogP contribution in [0.5, 0.6) is 11.8 Å². The van der Waals surface area contributed by atoms with Crippen molar-refractivity contribution >= 4 is 0 Å². The van der Waals surface area contributed by atoms with Gasteiger partial charge in [0.05, 0.1) is 11.4 Å². The van der Waals surface area contributed by atoms with Gasteiger partial charge in [0.2, 0.25) is 11.8 Å². The fourth-order valence-electron chi connectivity index (χ4n) is 1.54. The lowest BCUT2D eigenvalue weighted by Crippen LogP contribution is -2.13. The molecule has 96 valence electrons. The van der Waals surface area contributed by atoms with Gasteiger partial charge in [-0.3, -0.25) is 0 Å². The SMILES string of the molecule is CCNCc1ccc(Oc2cc(C)nn2C)nn1. The minimum Gasteiger partial charge on any atom is -0.419 e. The van der Waals surface area contributed by atoms with Crippen LogP contribution < -0.4 is 10.1 Å². The molecule has 2 aromatic rings. The number of ether oxygens (including phenoxy) is 1. The van der Waals surface area contributed by atoms with Crippen molar-refractivity contribution in [3.63, 3.8) is 0 Å². The average Bonchev–Trinajstić information content (AvgIpc) is 2.67. The highest BCUT2D eigenvalue weighted by Crippen LogP contribution is 2.18. The van der Waals surface area contributed by atoms with Crippen LogP contribution in [0.1, 0.15) is 18.3 Å². The maximum Gasteiger partial charge on any atom is 0.240 e. The highest BCUT2D eigenvalue weighted by molar-refractivity contribution is 5.21. The summed E-state index contributed by atoms with van der Waals surface area (Å²) >= 11 is 0. The van der Waals surface area contributed by atoms with E-state index in [-0.39, 0.29) is 0 Å². The lowest BCUT2D eigenvalue weighted by atomic mass is 10.4. The van der Waals surface area contributed by atoms with Gasteiger partial charge >= 0.3 is 0 Å². The molecule has 0 saturated carbocycles. The van der Waals surface area contributed by atoms with Crippen LogP contribution in [0.4, 0.5) is 0 Å². The molecule has 0 aliphatic rings. The van der Waals surface area contributed by atoms with Gasteiger partial charge < -0.3 is 10.1 Å². The van der Waals surface area contributed by atoms with Crippen molar-refractivity contribution in [3.05, 3.63) is 29.6 Å². The summed E-state index contributed by atoms with van der Waals surface area (Å²) in [5.41, 5.74) is 1.80. The maximum absolute atomic E-state index is 5.60. The predicted octanol–water partition coefficient (Wildman–Crippen LogP) is 1.42. The summed E-state index contributed by atoms with van der Waals surface area (Å²) < 4.78 is 7.27. The van der Waals surface area contributed by atoms with Crippen LogP contribution in [-0.4, -0.2) is 26.5 Å². The summed E-state index contributed by atoms with van der Waals surface area (Å²) in [7, 11) is 1.83. The quantitative estimate of drug-likeness (QED) is 0.865. The van der Waals surface area contributed by atoms with E-state index in [1.807, 2.05) is 32.2 Å². The normalized spacial score (nSPS) is 10.6. The van der Waals surface area contributed by atoms with Crippen molar-refractivity contribution in [2.45, 2.75) is 20.4 Å². The Hall–Kier alpha value is -1.95. The molecule has 1 N–H and O–H groups in total. The molecule has 0 unspecified atom stereocenters. The second-order valence-electron chi connectivity index (χ2n) is 3.99. The molecule has 0 bridgehead atoms. The molecule has 0 fully saturated rings. The average molecular weight is 247 g/mol. The van der Waals surface area contributed by atoms with E-state index >= 15 is 0 Å². The fraction of sp³-hybridized carbons (Fsp3) is 0.417. The Bertz CT molecular complexity index is 506. The second-order valence-corrected chi connectivity index (χ2v) is 3.99. The van der Waals surface area contributed by atoms with E-state index in [0.717, 1.165) is 17.9 Å². The number of nitrogens with one attached hydrogen (secondary N) is 1. The largest absolute Gasteiger partial charge is 0.419 e. The Labute approximate surface area is 106 Å². The number of hydrogen-bond donors (Lipinski definition) is 1. The van der Waals surface area contributed by atoms with Gasteiger partial charge in [-0.05, 0) is 19.5 Å². The van der Waals surface area contributed by atoms with E-state index in [0.29, 0.717) is 18.3 Å². The van der Waals surface area contributed by atoms with Gasteiger partial charge in [-0.2, -0.15) is 10.2 Å². The van der Waals surface area contributed by atoms with E-state index in [9.17, 15) is 0 Å². The van der Waals surface area contributed by atoms with Gasteiger partial charge in [0.1, 0.15) is 0 Å². The molecule has 0 aliphatic heterocycles. The Morgan fingerprint density at radius 1 is 1.33 bits per heavy atom. The van der Waals surface area contributed by atoms with Crippen molar-refractivity contribution in [3.8, 4) is 11.8 Å². The molecule has 2 rings (SSSR count). The molecular formula is C12H17N5O. The summed E-state index contributed by atoms with van der Waals surface area (Å²) in [6.07, 6.45) is 0. The molecule has 18 heavy (non-hydrogen) atoms. The Morgan fingerprint density at radius 3 is 2.72 bits per heavy atom. The van der Waals surface area contributed by atoms with Gasteiger partial charge in [-0.25, -0.2) is 4.68 Å². The van der Waals surface area contributed by atoms with E-state index in [4.69, 9.17) is 4.74 Å². The van der Waals surface area contributed by atoms with Crippen LogP contribution in [0, 0.1) is 6.92 Å². The van der Waals surface area contributed by atoms with Crippen molar-refractivity contribution in [2.75, 3.05) is 6.54 Å². The Balaban J connectivity index is 2.04. The topological polar surface area (TPSA) is 64.9 Å². The zero-order chi connectivity index (χ0) is 13.0. The number of aryl methyl sites for hydroxylation is 2. The van der Waals surface area contributed by atoms with Crippen LogP contribution >= 0.6 is 0 Å². The van der Waals surface area contributed by atoms with Crippen molar-refractivity contribution in [1.29, 1.82) is 0 Å². The van der Waals surface area contributed by atoms with Gasteiger partial charge in [0.25, 0.3) is 0 Å². The van der Waals surface area contributed by atoms with Gasteiger partial charge in [-0.1, -0.05) is 6.92 Å². The molecule has 6 nitrogen and oxygen atoms in total. The fourth-order valence-corrected chi connectivity index (χ4v) is 1.54. The molecule has 0 radical (unpaired) electrons. The van der Waals surface area contributed by atoms with Gasteiger partial charge in [0, 0.05) is 25.7 Å². The van der Waals surface area contributed by atoms with Crippen LogP contribution in [-0.2, 0) is 13.6 Å². The third-order valence-electron chi connectivity index (χ3n) is 2.42. The zero-order valence-corrected chi connectivity index (χ0v) is 10.8. The first kappa shape index (κ1) is 12.5. The van der Waals surface area contributed by atoms with Gasteiger partial charge in [-0.15, -0.1) is 5.10 Å². The molecule has 2 aromatic heterocycles. The van der Waals surface area contributed by atoms with E-state index < -0.39 is 0 Å². The molecule has 6 heteroatoms. The van der Waals surface area contributed by atoms with Gasteiger partial charge in [0.15, 0.2) is 0 Å². The van der Waals surface area contributed by atoms with E-state index in [2.05, 4.69) is 27.5 Å². The van der Waals surface area contributed by atoms with Crippen molar-refractivity contribution < 1.29 is 4.74 Å². The van der Waals surface area contributed by atoms with Crippen molar-refractivity contribution in [2.24, 2.45) is 7.05 Å². The van der Waals surface area contributed by atoms with Crippen LogP contribution in [0.2, 0.25) is 0 Å². The number of rotatable bonds is 5. The van der Waals surface area contributed by atoms with Crippen LogP contribution in [0.3, 0.4) is 0 Å². The Kier molecular flexibility index (Phi) is 3.88. The van der Waals surface area contributed by atoms with Crippen LogP contribution in [0.15, 0.2) is 18.2 Å². The first-order chi connectivity index (χ1) is 8.69. The molecule has 2 heterocycles. The molecule has 0 atom stereocenters. The minimum absolute atomic E-state index is 0.471. The summed E-state index contributed by atoms with van der Waals surface area (Å²) in [5, 5.41) is 15.5. The lowest BCUT2D eigenvalue weighted by Gasteiger charge is -2.04. The summed E-state index contributed by atoms with van der Waals surface area (Å²) in [6.45, 7) is 5.59. The first-order valence-corrected chi connectivity index (χ1v) is 5.91. The number of nitrogens with zero attached hydrogens (tertiary/aromatic N) is 4. The number of hydrogen-bond acceptors (Lipinski definition) is 5. The molecule has 0 aromatic carbocycles. The molecule has 0 spiro atoms. The summed E-state index contributed by atoms with van der Waals surface area (Å²) in [4.78, 5) is 0. The lowest BCUT2D eigenvalue weighted by molar-refractivity contribution is 0.409. The molecule has 0 amide bonds. The highest BCUT2D eigenvalue weighted by Gasteiger charge is 2.05. The second kappa shape index (κ2) is 5.59. The summed E-state index contributed by atoms with van der Waals surface area (Å²) in [5.74, 6) is 1.12. The molecule has 0 aliphatic carbocycles. The predicted molar refractivity (Wildman–Crippen MR) is 67.4 cm³/mol. The third-order valence-corrected chi connectivity index (χ3v) is 2.42. The number of aromatic nitrogens is 4. The minimum atomic E-state index is 0.471. The zero-order valence-electron chi connectivity index (χ0n) is 10.8. The maximum atomic E-state index is 5.60. The third kappa shape index (κ3) is 3.04. The first-order valence-electron chi connectivity index (χ1n) is 5.91. The smallest absolute Gasteiger partial charge is 0.240 e. The van der Waals surface area contributed by atoms with Crippen molar-refractivity contribution in [1.82, 2.24) is 25.3 Å². The van der Waals surface area contributed by atoms with E-state index in [1.54, 1.807) is 4.68 Å². The van der Waals surface area contributed by atoms with Crippen LogP contribution in [0.25, 0.3) is 0 Å². The Morgan fingerprint density at radius 2 is 2.17 bits per heavy atom. The van der Waals surface area contributed by atoms with E-state index in [1.165, 1.54) is 0 Å². The summed E-state index contributed by atoms with van der Waals surface area (Å²) in [6, 6.07) is 5.56.